The van der Waals surface area contributed by atoms with E-state index in [1.165, 1.54) is 26.3 Å². The number of esters is 2. The van der Waals surface area contributed by atoms with E-state index in [0.29, 0.717) is 22.6 Å². The first kappa shape index (κ1) is 22.0. The quantitative estimate of drug-likeness (QED) is 0.241. The fraction of sp³-hybridized carbons (Fsp3) is 0.100. The van der Waals surface area contributed by atoms with Gasteiger partial charge < -0.3 is 9.47 Å². The van der Waals surface area contributed by atoms with Crippen LogP contribution in [0.15, 0.2) is 58.7 Å². The summed E-state index contributed by atoms with van der Waals surface area (Å²) in [6.07, 6.45) is 2.63. The van der Waals surface area contributed by atoms with E-state index < -0.39 is 23.8 Å². The van der Waals surface area contributed by atoms with E-state index >= 15 is 0 Å². The second-order valence-corrected chi connectivity index (χ2v) is 5.72. The van der Waals surface area contributed by atoms with E-state index in [1.807, 2.05) is 0 Å². The molecule has 2 rings (SSSR count). The Labute approximate surface area is 171 Å². The average Bonchev–Trinajstić information content (AvgIpc) is 2.69. The lowest BCUT2D eigenvalue weighted by atomic mass is 10.2. The van der Waals surface area contributed by atoms with E-state index in [9.17, 15) is 19.2 Å². The summed E-state index contributed by atoms with van der Waals surface area (Å²) < 4.78 is 9.79. The predicted molar refractivity (Wildman–Crippen MR) is 107 cm³/mol. The fourth-order valence-electron chi connectivity index (χ4n) is 2.01. The lowest BCUT2D eigenvalue weighted by molar-refractivity contribution is -0.139. The molecule has 0 aliphatic carbocycles. The number of benzene rings is 2. The molecule has 0 aromatic heterocycles. The lowest BCUT2D eigenvalue weighted by Gasteiger charge is -2.01. The zero-order valence-electron chi connectivity index (χ0n) is 16.1. The Balaban J connectivity index is 1.79. The minimum absolute atomic E-state index is 0.377. The third-order valence-electron chi connectivity index (χ3n) is 3.25. The van der Waals surface area contributed by atoms with Gasteiger partial charge in [-0.25, -0.2) is 10.9 Å². The topological polar surface area (TPSA) is 136 Å². The highest BCUT2D eigenvalue weighted by Crippen LogP contribution is 2.11. The van der Waals surface area contributed by atoms with Gasteiger partial charge in [-0.15, -0.1) is 0 Å². The summed E-state index contributed by atoms with van der Waals surface area (Å²) >= 11 is 0. The number of hydrazone groups is 2. The molecule has 0 saturated heterocycles. The van der Waals surface area contributed by atoms with E-state index in [0.717, 1.165) is 0 Å². The number of rotatable bonds is 6. The molecule has 2 aromatic rings. The maximum Gasteiger partial charge on any atom is 0.331 e. The van der Waals surface area contributed by atoms with Crippen LogP contribution in [-0.2, 0) is 19.2 Å². The molecule has 0 heterocycles. The molecule has 2 N–H and O–H groups in total. The molecule has 10 nitrogen and oxygen atoms in total. The van der Waals surface area contributed by atoms with Gasteiger partial charge >= 0.3 is 23.8 Å². The normalized spacial score (nSPS) is 10.6. The van der Waals surface area contributed by atoms with Crippen molar-refractivity contribution < 1.29 is 28.7 Å². The van der Waals surface area contributed by atoms with Crippen molar-refractivity contribution in [3.8, 4) is 11.5 Å². The summed E-state index contributed by atoms with van der Waals surface area (Å²) in [5.41, 5.74) is 5.35. The third-order valence-corrected chi connectivity index (χ3v) is 3.25. The monoisotopic (exact) mass is 410 g/mol. The number of hydrogen-bond acceptors (Lipinski definition) is 8. The fourth-order valence-corrected chi connectivity index (χ4v) is 2.01. The molecule has 154 valence electrons. The number of amides is 2. The molecule has 0 spiro atoms. The van der Waals surface area contributed by atoms with Crippen LogP contribution in [0.1, 0.15) is 25.0 Å². The van der Waals surface area contributed by atoms with Gasteiger partial charge in [-0.3, -0.25) is 19.2 Å². The van der Waals surface area contributed by atoms with Crippen LogP contribution in [0.2, 0.25) is 0 Å². The van der Waals surface area contributed by atoms with E-state index in [-0.39, 0.29) is 0 Å². The molecule has 0 fully saturated rings. The number of nitrogens with one attached hydrogen (secondary N) is 2. The van der Waals surface area contributed by atoms with Gasteiger partial charge in [-0.2, -0.15) is 10.2 Å². The standard InChI is InChI=1S/C20H18N4O6/c1-13(25)29-17-7-3-15(4-8-17)11-21-23-19(27)20(28)24-22-12-16-5-9-18(10-6-16)30-14(2)26/h3-12H,1-2H3,(H,23,27)(H,24,28)/b21-11+,22-12+. The molecule has 0 aliphatic rings. The van der Waals surface area contributed by atoms with Crippen LogP contribution in [0.3, 0.4) is 0 Å². The minimum atomic E-state index is -1.01. The zero-order chi connectivity index (χ0) is 21.9. The van der Waals surface area contributed by atoms with Crippen molar-refractivity contribution in [2.24, 2.45) is 10.2 Å². The third kappa shape index (κ3) is 7.72. The molecule has 2 amide bonds. The minimum Gasteiger partial charge on any atom is -0.427 e. The van der Waals surface area contributed by atoms with Crippen LogP contribution in [0, 0.1) is 0 Å². The van der Waals surface area contributed by atoms with E-state index in [1.54, 1.807) is 48.5 Å². The van der Waals surface area contributed by atoms with Gasteiger partial charge in [0.25, 0.3) is 0 Å². The summed E-state index contributed by atoms with van der Waals surface area (Å²) in [5, 5.41) is 7.33. The first-order valence-corrected chi connectivity index (χ1v) is 8.57. The summed E-state index contributed by atoms with van der Waals surface area (Å²) in [6.45, 7) is 2.59. The Morgan fingerprint density at radius 2 is 1.00 bits per heavy atom. The summed E-state index contributed by atoms with van der Waals surface area (Å²) in [7, 11) is 0. The molecule has 0 unspecified atom stereocenters. The van der Waals surface area contributed by atoms with Crippen molar-refractivity contribution in [2.75, 3.05) is 0 Å². The van der Waals surface area contributed by atoms with Crippen LogP contribution in [0.5, 0.6) is 11.5 Å². The van der Waals surface area contributed by atoms with Gasteiger partial charge in [0.1, 0.15) is 11.5 Å². The Hall–Kier alpha value is -4.34. The maximum atomic E-state index is 11.7. The molecular formula is C20H18N4O6. The molecule has 0 radical (unpaired) electrons. The molecular weight excluding hydrogens is 392 g/mol. The maximum absolute atomic E-state index is 11.7. The van der Waals surface area contributed by atoms with Gasteiger partial charge in [0, 0.05) is 13.8 Å². The molecule has 0 saturated carbocycles. The first-order valence-electron chi connectivity index (χ1n) is 8.57. The molecule has 0 bridgehead atoms. The Bertz CT molecular complexity index is 900. The predicted octanol–water partition coefficient (Wildman–Crippen LogP) is 1.14. The molecule has 2 aromatic carbocycles. The Morgan fingerprint density at radius 3 is 1.30 bits per heavy atom. The highest BCUT2D eigenvalue weighted by Gasteiger charge is 2.11. The average molecular weight is 410 g/mol. The lowest BCUT2D eigenvalue weighted by Crippen LogP contribution is -2.35. The molecule has 0 atom stereocenters. The van der Waals surface area contributed by atoms with Crippen LogP contribution in [0.25, 0.3) is 0 Å². The molecule has 10 heteroatoms. The Morgan fingerprint density at radius 1 is 0.667 bits per heavy atom. The van der Waals surface area contributed by atoms with Gasteiger partial charge in [0.05, 0.1) is 12.4 Å². The van der Waals surface area contributed by atoms with Crippen LogP contribution in [-0.4, -0.2) is 36.2 Å². The number of carbonyl (C=O) groups is 4. The molecule has 30 heavy (non-hydrogen) atoms. The number of hydrogen-bond donors (Lipinski definition) is 2. The number of ether oxygens (including phenoxy) is 2. The van der Waals surface area contributed by atoms with Crippen molar-refractivity contribution in [3.63, 3.8) is 0 Å². The van der Waals surface area contributed by atoms with Gasteiger partial charge in [-0.05, 0) is 59.7 Å². The largest absolute Gasteiger partial charge is 0.427 e. The van der Waals surface area contributed by atoms with Gasteiger partial charge in [0.2, 0.25) is 0 Å². The van der Waals surface area contributed by atoms with Crippen molar-refractivity contribution >= 4 is 36.2 Å². The SMILES string of the molecule is CC(=O)Oc1ccc(/C=N/NC(=O)C(=O)N/N=C/c2ccc(OC(C)=O)cc2)cc1. The second kappa shape index (κ2) is 10.9. The summed E-state index contributed by atoms with van der Waals surface area (Å²) in [4.78, 5) is 45.1. The highest BCUT2D eigenvalue weighted by atomic mass is 16.5. The van der Waals surface area contributed by atoms with Crippen LogP contribution < -0.4 is 20.3 Å². The first-order chi connectivity index (χ1) is 14.3. The highest BCUT2D eigenvalue weighted by molar-refractivity contribution is 6.35. The van der Waals surface area contributed by atoms with E-state index in [4.69, 9.17) is 9.47 Å². The van der Waals surface area contributed by atoms with E-state index in [2.05, 4.69) is 21.1 Å². The van der Waals surface area contributed by atoms with Crippen molar-refractivity contribution in [1.29, 1.82) is 0 Å². The zero-order valence-corrected chi connectivity index (χ0v) is 16.1. The van der Waals surface area contributed by atoms with Gasteiger partial charge in [-0.1, -0.05) is 0 Å². The van der Waals surface area contributed by atoms with Crippen molar-refractivity contribution in [3.05, 3.63) is 59.7 Å². The summed E-state index contributed by atoms with van der Waals surface area (Å²) in [6, 6.07) is 12.7. The number of nitrogens with zero attached hydrogens (tertiary/aromatic N) is 2. The van der Waals surface area contributed by atoms with Crippen molar-refractivity contribution in [1.82, 2.24) is 10.9 Å². The summed E-state index contributed by atoms with van der Waals surface area (Å²) in [5.74, 6) is -2.13. The van der Waals surface area contributed by atoms with Crippen LogP contribution >= 0.6 is 0 Å². The smallest absolute Gasteiger partial charge is 0.331 e. The second-order valence-electron chi connectivity index (χ2n) is 5.72. The number of carbonyl (C=O) groups excluding carboxylic acids is 4. The van der Waals surface area contributed by atoms with Gasteiger partial charge in [0.15, 0.2) is 0 Å². The van der Waals surface area contributed by atoms with Crippen molar-refractivity contribution in [2.45, 2.75) is 13.8 Å². The Kier molecular flexibility index (Phi) is 7.94. The molecule has 0 aliphatic heterocycles. The van der Waals surface area contributed by atoms with Crippen LogP contribution in [0.4, 0.5) is 0 Å².